The molecule has 0 bridgehead atoms. The molecule has 0 spiro atoms. The average molecular weight is 275 g/mol. The summed E-state index contributed by atoms with van der Waals surface area (Å²) < 4.78 is 26.9. The van der Waals surface area contributed by atoms with Gasteiger partial charge in [-0.15, -0.1) is 0 Å². The summed E-state index contributed by atoms with van der Waals surface area (Å²) in [7, 11) is 0. The Bertz CT molecular complexity index is 481. The molecule has 1 aliphatic rings. The second-order valence-electron chi connectivity index (χ2n) is 4.39. The highest BCUT2D eigenvalue weighted by Crippen LogP contribution is 2.23. The topological polar surface area (TPSA) is 46.3 Å². The molecular formula is C12H13ClF2N2O. The molecule has 1 aromatic carbocycles. The van der Waals surface area contributed by atoms with E-state index >= 15 is 0 Å². The Kier molecular flexibility index (Phi) is 3.82. The molecule has 1 amide bonds. The Morgan fingerprint density at radius 2 is 2.17 bits per heavy atom. The van der Waals surface area contributed by atoms with Crippen LogP contribution < -0.4 is 5.73 Å². The smallest absolute Gasteiger partial charge is 0.256 e. The van der Waals surface area contributed by atoms with Gasteiger partial charge in [-0.2, -0.15) is 0 Å². The molecule has 1 aliphatic heterocycles. The molecule has 1 heterocycles. The Hall–Kier alpha value is -1.20. The Morgan fingerprint density at radius 3 is 2.78 bits per heavy atom. The van der Waals surface area contributed by atoms with E-state index in [1.54, 1.807) is 0 Å². The fourth-order valence-corrected chi connectivity index (χ4v) is 2.22. The number of nitrogens with zero attached hydrogens (tertiary/aromatic N) is 1. The number of benzene rings is 1. The predicted octanol–water partition coefficient (Wildman–Crippen LogP) is 2.04. The van der Waals surface area contributed by atoms with Crippen LogP contribution in [0.4, 0.5) is 8.78 Å². The summed E-state index contributed by atoms with van der Waals surface area (Å²) >= 11 is 5.44. The van der Waals surface area contributed by atoms with Gasteiger partial charge in [0.2, 0.25) is 0 Å². The zero-order chi connectivity index (χ0) is 13.3. The molecule has 1 atom stereocenters. The van der Waals surface area contributed by atoms with Crippen LogP contribution in [0.15, 0.2) is 12.1 Å². The van der Waals surface area contributed by atoms with Crippen molar-refractivity contribution < 1.29 is 13.6 Å². The molecule has 2 rings (SSSR count). The summed E-state index contributed by atoms with van der Waals surface area (Å²) in [6.07, 6.45) is 0.792. The van der Waals surface area contributed by atoms with Crippen LogP contribution >= 0.6 is 11.6 Å². The lowest BCUT2D eigenvalue weighted by atomic mass is 10.1. The van der Waals surface area contributed by atoms with E-state index in [1.165, 1.54) is 4.90 Å². The van der Waals surface area contributed by atoms with Crippen LogP contribution in [-0.4, -0.2) is 30.4 Å². The summed E-state index contributed by atoms with van der Waals surface area (Å²) in [6.45, 7) is 1.49. The van der Waals surface area contributed by atoms with Gasteiger partial charge in [-0.25, -0.2) is 8.78 Å². The lowest BCUT2D eigenvalue weighted by molar-refractivity contribution is 0.0782. The van der Waals surface area contributed by atoms with Crippen LogP contribution in [0.1, 0.15) is 16.8 Å². The zero-order valence-corrected chi connectivity index (χ0v) is 10.4. The van der Waals surface area contributed by atoms with Crippen molar-refractivity contribution in [1.82, 2.24) is 4.90 Å². The van der Waals surface area contributed by atoms with Gasteiger partial charge in [0, 0.05) is 13.1 Å². The van der Waals surface area contributed by atoms with Crippen LogP contribution in [0, 0.1) is 17.6 Å². The number of rotatable bonds is 2. The van der Waals surface area contributed by atoms with Crippen molar-refractivity contribution >= 4 is 17.5 Å². The Morgan fingerprint density at radius 1 is 1.44 bits per heavy atom. The minimum absolute atomic E-state index is 0.231. The van der Waals surface area contributed by atoms with Gasteiger partial charge in [0.15, 0.2) is 0 Å². The minimum atomic E-state index is -0.803. The maximum Gasteiger partial charge on any atom is 0.256 e. The van der Waals surface area contributed by atoms with Crippen LogP contribution in [0.2, 0.25) is 5.02 Å². The first-order chi connectivity index (χ1) is 8.52. The van der Waals surface area contributed by atoms with Crippen molar-refractivity contribution in [2.45, 2.75) is 6.42 Å². The van der Waals surface area contributed by atoms with Gasteiger partial charge >= 0.3 is 0 Å². The molecular weight excluding hydrogens is 262 g/mol. The van der Waals surface area contributed by atoms with E-state index in [9.17, 15) is 13.6 Å². The largest absolute Gasteiger partial charge is 0.338 e. The monoisotopic (exact) mass is 274 g/mol. The number of halogens is 3. The molecule has 98 valence electrons. The highest BCUT2D eigenvalue weighted by molar-refractivity contribution is 6.30. The molecule has 0 saturated carbocycles. The molecule has 18 heavy (non-hydrogen) atoms. The van der Waals surface area contributed by atoms with Gasteiger partial charge in [0.25, 0.3) is 5.91 Å². The van der Waals surface area contributed by atoms with Crippen LogP contribution in [0.25, 0.3) is 0 Å². The first-order valence-corrected chi connectivity index (χ1v) is 6.04. The molecule has 1 aromatic rings. The zero-order valence-electron chi connectivity index (χ0n) is 9.63. The lowest BCUT2D eigenvalue weighted by Crippen LogP contribution is -2.30. The predicted molar refractivity (Wildman–Crippen MR) is 64.4 cm³/mol. The number of amides is 1. The van der Waals surface area contributed by atoms with Crippen LogP contribution in [0.3, 0.4) is 0 Å². The van der Waals surface area contributed by atoms with Crippen molar-refractivity contribution in [3.8, 4) is 0 Å². The fraction of sp³-hybridized carbons (Fsp3) is 0.417. The highest BCUT2D eigenvalue weighted by atomic mass is 35.5. The van der Waals surface area contributed by atoms with Gasteiger partial charge in [-0.3, -0.25) is 4.79 Å². The van der Waals surface area contributed by atoms with Crippen molar-refractivity contribution in [2.75, 3.05) is 19.6 Å². The Labute approximate surface area is 109 Å². The molecule has 2 N–H and O–H groups in total. The highest BCUT2D eigenvalue weighted by Gasteiger charge is 2.28. The normalized spacial score (nSPS) is 19.3. The third-order valence-corrected chi connectivity index (χ3v) is 3.44. The summed E-state index contributed by atoms with van der Waals surface area (Å²) in [5.74, 6) is -1.88. The first kappa shape index (κ1) is 13.2. The maximum atomic E-state index is 13.6. The Balaban J connectivity index is 2.22. The van der Waals surface area contributed by atoms with Crippen molar-refractivity contribution in [1.29, 1.82) is 0 Å². The lowest BCUT2D eigenvalue weighted by Gasteiger charge is -2.16. The van der Waals surface area contributed by atoms with Gasteiger partial charge in [0.05, 0.1) is 10.6 Å². The number of hydrogen-bond donors (Lipinski definition) is 1. The van der Waals surface area contributed by atoms with Crippen LogP contribution in [-0.2, 0) is 0 Å². The molecule has 1 unspecified atom stereocenters. The molecule has 0 aromatic heterocycles. The summed E-state index contributed by atoms with van der Waals surface area (Å²) in [5.41, 5.74) is 5.24. The number of likely N-dealkylation sites (tertiary alicyclic amines) is 1. The second-order valence-corrected chi connectivity index (χ2v) is 4.79. The molecule has 0 aliphatic carbocycles. The number of carbonyl (C=O) groups is 1. The molecule has 1 fully saturated rings. The van der Waals surface area contributed by atoms with Gasteiger partial charge < -0.3 is 10.6 Å². The van der Waals surface area contributed by atoms with Crippen LogP contribution in [0.5, 0.6) is 0 Å². The molecule has 1 saturated heterocycles. The van der Waals surface area contributed by atoms with Crippen molar-refractivity contribution in [2.24, 2.45) is 11.7 Å². The third-order valence-electron chi connectivity index (χ3n) is 3.15. The van der Waals surface area contributed by atoms with E-state index in [-0.39, 0.29) is 16.5 Å². The fourth-order valence-electron chi connectivity index (χ4n) is 2.07. The van der Waals surface area contributed by atoms with Gasteiger partial charge in [0.1, 0.15) is 11.6 Å². The minimum Gasteiger partial charge on any atom is -0.338 e. The molecule has 0 radical (unpaired) electrons. The maximum absolute atomic E-state index is 13.6. The SMILES string of the molecule is NCC1CCN(C(=O)c2cc(F)c(Cl)cc2F)C1. The standard InChI is InChI=1S/C12H13ClF2N2O/c13-9-4-10(14)8(3-11(9)15)12(18)17-2-1-7(5-16)6-17/h3-4,7H,1-2,5-6,16H2. The van der Waals surface area contributed by atoms with E-state index < -0.39 is 17.5 Å². The van der Waals surface area contributed by atoms with Crippen molar-refractivity contribution in [3.63, 3.8) is 0 Å². The van der Waals surface area contributed by atoms with E-state index in [1.807, 2.05) is 0 Å². The number of nitrogens with two attached hydrogens (primary N) is 1. The van der Waals surface area contributed by atoms with E-state index in [4.69, 9.17) is 17.3 Å². The van der Waals surface area contributed by atoms with Gasteiger partial charge in [-0.05, 0) is 31.0 Å². The third kappa shape index (κ3) is 2.47. The number of hydrogen-bond acceptors (Lipinski definition) is 2. The van der Waals surface area contributed by atoms with E-state index in [0.717, 1.165) is 18.6 Å². The summed E-state index contributed by atoms with van der Waals surface area (Å²) in [4.78, 5) is 13.5. The van der Waals surface area contributed by atoms with E-state index in [2.05, 4.69) is 0 Å². The van der Waals surface area contributed by atoms with Gasteiger partial charge in [-0.1, -0.05) is 11.6 Å². The first-order valence-electron chi connectivity index (χ1n) is 5.66. The average Bonchev–Trinajstić information content (AvgIpc) is 2.81. The van der Waals surface area contributed by atoms with Crippen molar-refractivity contribution in [3.05, 3.63) is 34.4 Å². The number of carbonyl (C=O) groups excluding carboxylic acids is 1. The summed E-state index contributed by atoms with van der Waals surface area (Å²) in [5, 5.41) is -0.328. The second kappa shape index (κ2) is 5.20. The quantitative estimate of drug-likeness (QED) is 0.839. The molecule has 6 heteroatoms. The molecule has 3 nitrogen and oxygen atoms in total. The summed E-state index contributed by atoms with van der Waals surface area (Å²) in [6, 6.07) is 1.66. The van der Waals surface area contributed by atoms with E-state index in [0.29, 0.717) is 19.6 Å².